The molecule has 0 aromatic heterocycles. The number of morpholine rings is 1. The number of benzene rings is 2. The molecule has 2 aliphatic rings. The number of nitrogens with zero attached hydrogens (tertiary/aromatic N) is 2. The lowest BCUT2D eigenvalue weighted by molar-refractivity contribution is -0.140. The van der Waals surface area contributed by atoms with E-state index in [2.05, 4.69) is 4.90 Å². The van der Waals surface area contributed by atoms with Crippen LogP contribution in [0.4, 0.5) is 0 Å². The highest BCUT2D eigenvalue weighted by molar-refractivity contribution is 6.46. The second-order valence-corrected chi connectivity index (χ2v) is 8.52. The van der Waals surface area contributed by atoms with Gasteiger partial charge in [-0.25, -0.2) is 0 Å². The van der Waals surface area contributed by atoms with Crippen molar-refractivity contribution in [3.8, 4) is 17.2 Å². The molecular formula is C27H32N2O7. The van der Waals surface area contributed by atoms with Crippen LogP contribution in [0.15, 0.2) is 48.0 Å². The van der Waals surface area contributed by atoms with Gasteiger partial charge >= 0.3 is 0 Å². The van der Waals surface area contributed by atoms with E-state index in [-0.39, 0.29) is 11.3 Å². The Labute approximate surface area is 210 Å². The Bertz CT molecular complexity index is 1120. The minimum absolute atomic E-state index is 0.0401. The van der Waals surface area contributed by atoms with E-state index in [0.29, 0.717) is 61.3 Å². The van der Waals surface area contributed by atoms with Crippen molar-refractivity contribution in [1.82, 2.24) is 9.80 Å². The highest BCUT2D eigenvalue weighted by Crippen LogP contribution is 2.41. The fourth-order valence-electron chi connectivity index (χ4n) is 4.58. The number of hydrogen-bond donors (Lipinski definition) is 1. The summed E-state index contributed by atoms with van der Waals surface area (Å²) in [7, 11) is 3.01. The number of ether oxygens (including phenoxy) is 4. The molecule has 0 saturated carbocycles. The topological polar surface area (TPSA) is 97.8 Å². The van der Waals surface area contributed by atoms with Crippen LogP contribution in [0.2, 0.25) is 0 Å². The Morgan fingerprint density at radius 2 is 1.69 bits per heavy atom. The van der Waals surface area contributed by atoms with E-state index < -0.39 is 17.7 Å². The summed E-state index contributed by atoms with van der Waals surface area (Å²) in [6.45, 7) is 6.17. The van der Waals surface area contributed by atoms with Gasteiger partial charge in [0, 0.05) is 31.7 Å². The summed E-state index contributed by atoms with van der Waals surface area (Å²) in [6.07, 6.45) is 0. The summed E-state index contributed by atoms with van der Waals surface area (Å²) >= 11 is 0. The van der Waals surface area contributed by atoms with Crippen molar-refractivity contribution in [2.24, 2.45) is 0 Å². The van der Waals surface area contributed by atoms with Crippen LogP contribution >= 0.6 is 0 Å². The summed E-state index contributed by atoms with van der Waals surface area (Å²) in [5.41, 5.74) is 1.11. The van der Waals surface area contributed by atoms with E-state index in [1.807, 2.05) is 19.1 Å². The molecule has 1 atom stereocenters. The molecule has 192 valence electrons. The summed E-state index contributed by atoms with van der Waals surface area (Å²) < 4.78 is 21.6. The quantitative estimate of drug-likeness (QED) is 0.322. The standard InChI is InChI=1S/C27H32N2O7/c1-4-36-20-8-5-18(6-9-20)24-23(25(30)19-7-10-21(33-2)22(17-19)34-3)26(31)27(32)29(24)12-11-28-13-15-35-16-14-28/h5-10,17,24,30H,4,11-16H2,1-3H3/b25-23-. The average molecular weight is 497 g/mol. The Morgan fingerprint density at radius 1 is 1.00 bits per heavy atom. The van der Waals surface area contributed by atoms with Gasteiger partial charge in [0.1, 0.15) is 11.5 Å². The minimum atomic E-state index is -0.741. The molecule has 4 rings (SSSR count). The third-order valence-corrected chi connectivity index (χ3v) is 6.46. The number of amides is 1. The predicted molar refractivity (Wildman–Crippen MR) is 133 cm³/mol. The van der Waals surface area contributed by atoms with Crippen LogP contribution in [0.3, 0.4) is 0 Å². The largest absolute Gasteiger partial charge is 0.507 e. The van der Waals surface area contributed by atoms with Crippen LogP contribution in [-0.2, 0) is 14.3 Å². The van der Waals surface area contributed by atoms with E-state index in [0.717, 1.165) is 13.1 Å². The molecule has 0 bridgehead atoms. The van der Waals surface area contributed by atoms with Crippen molar-refractivity contribution >= 4 is 17.4 Å². The van der Waals surface area contributed by atoms with Gasteiger partial charge in [0.2, 0.25) is 0 Å². The maximum Gasteiger partial charge on any atom is 0.295 e. The maximum atomic E-state index is 13.3. The van der Waals surface area contributed by atoms with Crippen LogP contribution in [-0.4, -0.2) is 86.8 Å². The van der Waals surface area contributed by atoms with Gasteiger partial charge in [0.25, 0.3) is 11.7 Å². The lowest BCUT2D eigenvalue weighted by Gasteiger charge is -2.31. The number of aliphatic hydroxyl groups is 1. The first-order valence-corrected chi connectivity index (χ1v) is 12.0. The fraction of sp³-hybridized carbons (Fsp3) is 0.407. The van der Waals surface area contributed by atoms with Gasteiger partial charge in [-0.1, -0.05) is 12.1 Å². The molecule has 2 saturated heterocycles. The molecule has 2 aromatic rings. The number of ketones is 1. The molecule has 0 radical (unpaired) electrons. The lowest BCUT2D eigenvalue weighted by Crippen LogP contribution is -2.42. The average Bonchev–Trinajstić information content (AvgIpc) is 3.17. The van der Waals surface area contributed by atoms with Crippen molar-refractivity contribution in [3.63, 3.8) is 0 Å². The zero-order chi connectivity index (χ0) is 25.7. The van der Waals surface area contributed by atoms with Gasteiger partial charge in [0.05, 0.1) is 45.7 Å². The van der Waals surface area contributed by atoms with Gasteiger partial charge in [-0.2, -0.15) is 0 Å². The summed E-state index contributed by atoms with van der Waals surface area (Å²) in [5.74, 6) is -0.0374. The maximum absolute atomic E-state index is 13.3. The number of methoxy groups -OCH3 is 2. The first-order chi connectivity index (χ1) is 17.5. The van der Waals surface area contributed by atoms with Crippen LogP contribution in [0.5, 0.6) is 17.2 Å². The highest BCUT2D eigenvalue weighted by Gasteiger charge is 2.46. The monoisotopic (exact) mass is 496 g/mol. The Kier molecular flexibility index (Phi) is 8.12. The second-order valence-electron chi connectivity index (χ2n) is 8.52. The Balaban J connectivity index is 1.75. The highest BCUT2D eigenvalue weighted by atomic mass is 16.5. The van der Waals surface area contributed by atoms with Crippen molar-refractivity contribution in [2.75, 3.05) is 60.2 Å². The van der Waals surface area contributed by atoms with Crippen LogP contribution in [0.1, 0.15) is 24.1 Å². The summed E-state index contributed by atoms with van der Waals surface area (Å²) in [5, 5.41) is 11.3. The van der Waals surface area contributed by atoms with Gasteiger partial charge in [0.15, 0.2) is 11.5 Å². The molecule has 9 heteroatoms. The van der Waals surface area contributed by atoms with E-state index in [9.17, 15) is 14.7 Å². The van der Waals surface area contributed by atoms with Crippen molar-refractivity contribution < 1.29 is 33.6 Å². The predicted octanol–water partition coefficient (Wildman–Crippen LogP) is 2.86. The van der Waals surface area contributed by atoms with E-state index in [1.54, 1.807) is 35.2 Å². The number of Topliss-reactive ketones (excluding diaryl/α,β-unsaturated/α-hetero) is 1. The molecule has 9 nitrogen and oxygen atoms in total. The van der Waals surface area contributed by atoms with Crippen LogP contribution < -0.4 is 14.2 Å². The first-order valence-electron chi connectivity index (χ1n) is 12.0. The molecular weight excluding hydrogens is 464 g/mol. The van der Waals surface area contributed by atoms with Crippen molar-refractivity contribution in [3.05, 3.63) is 59.2 Å². The number of carbonyl (C=O) groups is 2. The summed E-state index contributed by atoms with van der Waals surface area (Å²) in [6, 6.07) is 11.4. The molecule has 2 aliphatic heterocycles. The van der Waals surface area contributed by atoms with Crippen LogP contribution in [0.25, 0.3) is 5.76 Å². The lowest BCUT2D eigenvalue weighted by atomic mass is 9.95. The van der Waals surface area contributed by atoms with Gasteiger partial charge < -0.3 is 29.0 Å². The third kappa shape index (κ3) is 5.17. The zero-order valence-electron chi connectivity index (χ0n) is 20.9. The molecule has 0 aliphatic carbocycles. The van der Waals surface area contributed by atoms with Crippen molar-refractivity contribution in [2.45, 2.75) is 13.0 Å². The first kappa shape index (κ1) is 25.5. The van der Waals surface area contributed by atoms with E-state index >= 15 is 0 Å². The molecule has 2 fully saturated rings. The number of rotatable bonds is 9. The van der Waals surface area contributed by atoms with Gasteiger partial charge in [-0.15, -0.1) is 0 Å². The SMILES string of the molecule is CCOc1ccc(C2/C(=C(/O)c3ccc(OC)c(OC)c3)C(=O)C(=O)N2CCN2CCOCC2)cc1. The number of hydrogen-bond acceptors (Lipinski definition) is 8. The molecule has 2 heterocycles. The second kappa shape index (κ2) is 11.5. The Hall–Kier alpha value is -3.56. The zero-order valence-corrected chi connectivity index (χ0v) is 20.9. The Morgan fingerprint density at radius 3 is 2.33 bits per heavy atom. The summed E-state index contributed by atoms with van der Waals surface area (Å²) in [4.78, 5) is 30.3. The molecule has 1 amide bonds. The van der Waals surface area contributed by atoms with Crippen LogP contribution in [0, 0.1) is 0 Å². The molecule has 1 N–H and O–H groups in total. The number of carbonyl (C=O) groups excluding carboxylic acids is 2. The molecule has 2 aromatic carbocycles. The molecule has 0 spiro atoms. The minimum Gasteiger partial charge on any atom is -0.507 e. The smallest absolute Gasteiger partial charge is 0.295 e. The fourth-order valence-corrected chi connectivity index (χ4v) is 4.58. The molecule has 36 heavy (non-hydrogen) atoms. The van der Waals surface area contributed by atoms with Gasteiger partial charge in [-0.3, -0.25) is 14.5 Å². The third-order valence-electron chi connectivity index (χ3n) is 6.46. The van der Waals surface area contributed by atoms with Gasteiger partial charge in [-0.05, 0) is 42.8 Å². The van der Waals surface area contributed by atoms with E-state index in [4.69, 9.17) is 18.9 Å². The number of aliphatic hydroxyl groups excluding tert-OH is 1. The van der Waals surface area contributed by atoms with E-state index in [1.165, 1.54) is 14.2 Å². The molecule has 1 unspecified atom stereocenters. The van der Waals surface area contributed by atoms with Crippen molar-refractivity contribution in [1.29, 1.82) is 0 Å². The normalized spacial score (nSPS) is 20.0. The number of likely N-dealkylation sites (tertiary alicyclic amines) is 1.